The number of aromatic nitrogens is 3. The largest absolute Gasteiger partial charge is 0.451 e. The molecule has 0 radical (unpaired) electrons. The van der Waals surface area contributed by atoms with E-state index in [1.807, 2.05) is 13.8 Å². The van der Waals surface area contributed by atoms with Crippen molar-refractivity contribution >= 4 is 17.8 Å². The van der Waals surface area contributed by atoms with Gasteiger partial charge in [0.05, 0.1) is 0 Å². The Kier molecular flexibility index (Phi) is 5.95. The first-order chi connectivity index (χ1) is 9.46. The maximum atomic E-state index is 11.8. The van der Waals surface area contributed by atoms with E-state index < -0.39 is 12.1 Å². The Hall–Kier alpha value is -2.12. The Morgan fingerprint density at radius 3 is 2.60 bits per heavy atom. The number of rotatable bonds is 7. The smallest absolute Gasteiger partial charge is 0.328 e. The van der Waals surface area contributed by atoms with E-state index in [0.717, 1.165) is 12.8 Å². The van der Waals surface area contributed by atoms with E-state index in [1.165, 1.54) is 17.9 Å². The first-order valence-electron chi connectivity index (χ1n) is 6.61. The molecule has 112 valence electrons. The molecule has 1 rings (SSSR count). The summed E-state index contributed by atoms with van der Waals surface area (Å²) in [5.74, 6) is -0.787. The van der Waals surface area contributed by atoms with Gasteiger partial charge in [-0.05, 0) is 19.8 Å². The zero-order valence-electron chi connectivity index (χ0n) is 12.0. The Morgan fingerprint density at radius 2 is 2.10 bits per heavy atom. The molecule has 1 heterocycles. The summed E-state index contributed by atoms with van der Waals surface area (Å²) in [6, 6.07) is 0.0961. The third-order valence-electron chi connectivity index (χ3n) is 2.85. The van der Waals surface area contributed by atoms with Crippen LogP contribution in [0, 0.1) is 0 Å². The van der Waals surface area contributed by atoms with Gasteiger partial charge in [-0.2, -0.15) is 0 Å². The molecule has 0 saturated carbocycles. The monoisotopic (exact) mass is 283 g/mol. The van der Waals surface area contributed by atoms with Crippen molar-refractivity contribution in [3.63, 3.8) is 0 Å². The number of nitrogen functional groups attached to an aromatic ring is 1. The molecule has 8 heteroatoms. The molecular formula is C12H21N5O3. The fourth-order valence-corrected chi connectivity index (χ4v) is 1.62. The van der Waals surface area contributed by atoms with Crippen LogP contribution in [0.4, 0.5) is 5.95 Å². The second-order valence-electron chi connectivity index (χ2n) is 4.45. The van der Waals surface area contributed by atoms with Crippen molar-refractivity contribution in [1.82, 2.24) is 20.1 Å². The Bertz CT molecular complexity index is 456. The lowest BCUT2D eigenvalue weighted by molar-refractivity contribution is -0.155. The maximum Gasteiger partial charge on any atom is 0.328 e. The molecular weight excluding hydrogens is 262 g/mol. The molecule has 0 fully saturated rings. The fraction of sp³-hybridized carbons (Fsp3) is 0.667. The topological polar surface area (TPSA) is 112 Å². The molecule has 1 atom stereocenters. The molecule has 1 unspecified atom stereocenters. The highest BCUT2D eigenvalue weighted by atomic mass is 16.5. The summed E-state index contributed by atoms with van der Waals surface area (Å²) in [7, 11) is 0. The van der Waals surface area contributed by atoms with Crippen LogP contribution in [-0.4, -0.2) is 38.8 Å². The first-order valence-corrected chi connectivity index (χ1v) is 6.61. The van der Waals surface area contributed by atoms with Crippen LogP contribution >= 0.6 is 0 Å². The molecule has 0 saturated heterocycles. The van der Waals surface area contributed by atoms with Gasteiger partial charge in [-0.15, -0.1) is 5.10 Å². The number of esters is 1. The summed E-state index contributed by atoms with van der Waals surface area (Å²) >= 11 is 0. The number of ether oxygens (including phenoxy) is 1. The maximum absolute atomic E-state index is 11.8. The van der Waals surface area contributed by atoms with Gasteiger partial charge in [0.15, 0.2) is 6.10 Å². The molecule has 1 amide bonds. The zero-order chi connectivity index (χ0) is 15.1. The lowest BCUT2D eigenvalue weighted by atomic mass is 10.1. The van der Waals surface area contributed by atoms with E-state index in [9.17, 15) is 9.59 Å². The summed E-state index contributed by atoms with van der Waals surface area (Å²) in [4.78, 5) is 27.1. The van der Waals surface area contributed by atoms with Crippen LogP contribution in [0.3, 0.4) is 0 Å². The molecule has 0 aliphatic heterocycles. The van der Waals surface area contributed by atoms with Gasteiger partial charge in [0.1, 0.15) is 12.9 Å². The van der Waals surface area contributed by atoms with Gasteiger partial charge in [-0.1, -0.05) is 13.8 Å². The third kappa shape index (κ3) is 4.87. The average molecular weight is 283 g/mol. The van der Waals surface area contributed by atoms with Crippen LogP contribution in [0.25, 0.3) is 0 Å². The zero-order valence-corrected chi connectivity index (χ0v) is 12.0. The Labute approximate surface area is 117 Å². The van der Waals surface area contributed by atoms with Crippen molar-refractivity contribution in [3.05, 3.63) is 6.33 Å². The van der Waals surface area contributed by atoms with Gasteiger partial charge in [0, 0.05) is 6.04 Å². The molecule has 0 aliphatic rings. The van der Waals surface area contributed by atoms with E-state index in [1.54, 1.807) is 0 Å². The van der Waals surface area contributed by atoms with Crippen LogP contribution in [-0.2, 0) is 20.9 Å². The van der Waals surface area contributed by atoms with Crippen molar-refractivity contribution in [1.29, 1.82) is 0 Å². The molecule has 0 bridgehead atoms. The summed E-state index contributed by atoms with van der Waals surface area (Å²) in [5, 5.41) is 6.58. The fourth-order valence-electron chi connectivity index (χ4n) is 1.62. The number of hydrogen-bond acceptors (Lipinski definition) is 6. The molecule has 3 N–H and O–H groups in total. The van der Waals surface area contributed by atoms with Gasteiger partial charge < -0.3 is 15.8 Å². The number of nitrogens with one attached hydrogen (secondary N) is 1. The predicted octanol–water partition coefficient (Wildman–Crippen LogP) is 0.0968. The van der Waals surface area contributed by atoms with Gasteiger partial charge in [0.25, 0.3) is 5.91 Å². The third-order valence-corrected chi connectivity index (χ3v) is 2.85. The van der Waals surface area contributed by atoms with E-state index >= 15 is 0 Å². The van der Waals surface area contributed by atoms with Gasteiger partial charge in [-0.25, -0.2) is 9.67 Å². The van der Waals surface area contributed by atoms with Crippen molar-refractivity contribution in [2.24, 2.45) is 0 Å². The second-order valence-corrected chi connectivity index (χ2v) is 4.45. The quantitative estimate of drug-likeness (QED) is 0.686. The molecule has 1 aromatic rings. The van der Waals surface area contributed by atoms with Crippen LogP contribution in [0.1, 0.15) is 33.6 Å². The SMILES string of the molecule is CCC(CC)NC(=O)C(C)OC(=O)Cn1cnc(N)n1. The van der Waals surface area contributed by atoms with E-state index in [2.05, 4.69) is 15.4 Å². The van der Waals surface area contributed by atoms with Gasteiger partial charge in [-0.3, -0.25) is 9.59 Å². The van der Waals surface area contributed by atoms with Crippen molar-refractivity contribution in [2.45, 2.75) is 52.3 Å². The molecule has 20 heavy (non-hydrogen) atoms. The molecule has 1 aromatic heterocycles. The molecule has 0 aromatic carbocycles. The van der Waals surface area contributed by atoms with E-state index in [0.29, 0.717) is 0 Å². The van der Waals surface area contributed by atoms with Crippen LogP contribution in [0.5, 0.6) is 0 Å². The molecule has 0 spiro atoms. The highest BCUT2D eigenvalue weighted by molar-refractivity contribution is 5.83. The lowest BCUT2D eigenvalue weighted by Crippen LogP contribution is -2.41. The lowest BCUT2D eigenvalue weighted by Gasteiger charge is -2.18. The van der Waals surface area contributed by atoms with Crippen LogP contribution in [0.2, 0.25) is 0 Å². The second kappa shape index (κ2) is 7.46. The number of nitrogens with zero attached hydrogens (tertiary/aromatic N) is 3. The highest BCUT2D eigenvalue weighted by Gasteiger charge is 2.20. The number of carbonyl (C=O) groups is 2. The minimum Gasteiger partial charge on any atom is -0.451 e. The van der Waals surface area contributed by atoms with Crippen molar-refractivity contribution in [3.8, 4) is 0 Å². The number of carbonyl (C=O) groups excluding carboxylic acids is 2. The van der Waals surface area contributed by atoms with Crippen LogP contribution < -0.4 is 11.1 Å². The summed E-state index contributed by atoms with van der Waals surface area (Å²) in [6.45, 7) is 5.37. The molecule has 8 nitrogen and oxygen atoms in total. The van der Waals surface area contributed by atoms with E-state index in [-0.39, 0.29) is 24.4 Å². The number of anilines is 1. The van der Waals surface area contributed by atoms with Gasteiger partial charge in [0.2, 0.25) is 5.95 Å². The summed E-state index contributed by atoms with van der Waals surface area (Å²) in [6.07, 6.45) is 2.15. The minimum absolute atomic E-state index is 0.0809. The van der Waals surface area contributed by atoms with Crippen LogP contribution in [0.15, 0.2) is 6.33 Å². The summed E-state index contributed by atoms with van der Waals surface area (Å²) in [5.41, 5.74) is 5.33. The number of nitrogens with two attached hydrogens (primary N) is 1. The number of amides is 1. The van der Waals surface area contributed by atoms with E-state index in [4.69, 9.17) is 10.5 Å². The Morgan fingerprint density at radius 1 is 1.45 bits per heavy atom. The predicted molar refractivity (Wildman–Crippen MR) is 72.5 cm³/mol. The number of hydrogen-bond donors (Lipinski definition) is 2. The molecule has 0 aliphatic carbocycles. The standard InChI is InChI=1S/C12H21N5O3/c1-4-9(5-2)15-11(19)8(3)20-10(18)6-17-7-14-12(13)16-17/h7-9H,4-6H2,1-3H3,(H2,13,16)(H,15,19). The van der Waals surface area contributed by atoms with Crippen molar-refractivity contribution < 1.29 is 14.3 Å². The normalized spacial score (nSPS) is 12.2. The highest BCUT2D eigenvalue weighted by Crippen LogP contribution is 2.00. The van der Waals surface area contributed by atoms with Crippen molar-refractivity contribution in [2.75, 3.05) is 5.73 Å². The summed E-state index contributed by atoms with van der Waals surface area (Å²) < 4.78 is 6.29. The minimum atomic E-state index is -0.844. The Balaban J connectivity index is 2.42. The van der Waals surface area contributed by atoms with Gasteiger partial charge >= 0.3 is 5.97 Å². The first kappa shape index (κ1) is 15.9. The average Bonchev–Trinajstić information content (AvgIpc) is 2.80.